The van der Waals surface area contributed by atoms with Crippen LogP contribution in [0.5, 0.6) is 5.75 Å². The summed E-state index contributed by atoms with van der Waals surface area (Å²) in [5.74, 6) is 0.410. The first-order chi connectivity index (χ1) is 6.74. The van der Waals surface area contributed by atoms with Crippen LogP contribution in [0.1, 0.15) is 30.0 Å². The summed E-state index contributed by atoms with van der Waals surface area (Å²) < 4.78 is 0. The van der Waals surface area contributed by atoms with E-state index in [1.54, 1.807) is 17.8 Å². The minimum Gasteiger partial charge on any atom is -0.508 e. The van der Waals surface area contributed by atoms with Crippen LogP contribution in [0.25, 0.3) is 0 Å². The molecular formula is C11H15NOS. The Hall–Kier alpha value is -0.670. The number of thioether (sulfide) groups is 1. The fourth-order valence-electron chi connectivity index (χ4n) is 2.12. The van der Waals surface area contributed by atoms with Gasteiger partial charge in [-0.05, 0) is 48.8 Å². The Bertz CT molecular complexity index is 351. The lowest BCUT2D eigenvalue weighted by atomic mass is 9.87. The van der Waals surface area contributed by atoms with E-state index in [0.717, 1.165) is 24.8 Å². The van der Waals surface area contributed by atoms with Crippen LogP contribution in [-0.4, -0.2) is 11.4 Å². The molecule has 0 fully saturated rings. The molecule has 2 rings (SSSR count). The SMILES string of the molecule is CSc1ccc(O)c2c1[C@H](N)CCC2. The predicted molar refractivity (Wildman–Crippen MR) is 59.8 cm³/mol. The van der Waals surface area contributed by atoms with E-state index in [4.69, 9.17) is 5.73 Å². The van der Waals surface area contributed by atoms with Gasteiger partial charge in [0, 0.05) is 10.9 Å². The molecule has 0 unspecified atom stereocenters. The first-order valence-electron chi connectivity index (χ1n) is 4.88. The maximum absolute atomic E-state index is 9.73. The smallest absolute Gasteiger partial charge is 0.119 e. The van der Waals surface area contributed by atoms with E-state index in [2.05, 4.69) is 0 Å². The maximum atomic E-state index is 9.73. The average Bonchev–Trinajstić information content (AvgIpc) is 2.20. The number of phenols is 1. The Morgan fingerprint density at radius 2 is 2.29 bits per heavy atom. The molecular weight excluding hydrogens is 194 g/mol. The molecule has 0 amide bonds. The summed E-state index contributed by atoms with van der Waals surface area (Å²) >= 11 is 1.70. The molecule has 0 heterocycles. The van der Waals surface area contributed by atoms with Gasteiger partial charge >= 0.3 is 0 Å². The second-order valence-electron chi connectivity index (χ2n) is 3.68. The van der Waals surface area contributed by atoms with Crippen molar-refractivity contribution in [3.8, 4) is 5.75 Å². The molecule has 1 aliphatic rings. The molecule has 0 saturated carbocycles. The zero-order valence-corrected chi connectivity index (χ0v) is 9.10. The molecule has 1 aromatic rings. The zero-order valence-electron chi connectivity index (χ0n) is 8.29. The van der Waals surface area contributed by atoms with Gasteiger partial charge in [0.25, 0.3) is 0 Å². The van der Waals surface area contributed by atoms with Crippen LogP contribution in [0.4, 0.5) is 0 Å². The monoisotopic (exact) mass is 209 g/mol. The largest absolute Gasteiger partial charge is 0.508 e. The predicted octanol–water partition coefficient (Wildman–Crippen LogP) is 2.45. The molecule has 0 spiro atoms. The van der Waals surface area contributed by atoms with Crippen molar-refractivity contribution in [2.24, 2.45) is 5.73 Å². The lowest BCUT2D eigenvalue weighted by Gasteiger charge is -2.25. The summed E-state index contributed by atoms with van der Waals surface area (Å²) in [6.45, 7) is 0. The number of hydrogen-bond acceptors (Lipinski definition) is 3. The highest BCUT2D eigenvalue weighted by molar-refractivity contribution is 7.98. The third-order valence-corrected chi connectivity index (χ3v) is 3.62. The van der Waals surface area contributed by atoms with E-state index in [9.17, 15) is 5.11 Å². The standard InChI is InChI=1S/C11H15NOS/c1-14-10-6-5-9(13)7-3-2-4-8(12)11(7)10/h5-6,8,13H,2-4,12H2,1H3/t8-/m1/s1. The van der Waals surface area contributed by atoms with E-state index in [0.29, 0.717) is 5.75 Å². The highest BCUT2D eigenvalue weighted by Gasteiger charge is 2.22. The molecule has 3 heteroatoms. The van der Waals surface area contributed by atoms with Gasteiger partial charge in [0.1, 0.15) is 5.75 Å². The lowest BCUT2D eigenvalue weighted by molar-refractivity contribution is 0.452. The first-order valence-corrected chi connectivity index (χ1v) is 6.11. The van der Waals surface area contributed by atoms with Crippen molar-refractivity contribution in [1.29, 1.82) is 0 Å². The van der Waals surface area contributed by atoms with Gasteiger partial charge in [-0.1, -0.05) is 0 Å². The summed E-state index contributed by atoms with van der Waals surface area (Å²) in [5, 5.41) is 9.73. The Kier molecular flexibility index (Phi) is 2.70. The van der Waals surface area contributed by atoms with Crippen molar-refractivity contribution in [3.05, 3.63) is 23.3 Å². The highest BCUT2D eigenvalue weighted by atomic mass is 32.2. The quantitative estimate of drug-likeness (QED) is 0.698. The Labute approximate surface area is 88.5 Å². The van der Waals surface area contributed by atoms with Gasteiger partial charge in [0.05, 0.1) is 0 Å². The molecule has 0 bridgehead atoms. The van der Waals surface area contributed by atoms with Gasteiger partial charge in [-0.2, -0.15) is 0 Å². The molecule has 76 valence electrons. The fourth-order valence-corrected chi connectivity index (χ4v) is 2.82. The Morgan fingerprint density at radius 3 is 3.00 bits per heavy atom. The number of benzene rings is 1. The van der Waals surface area contributed by atoms with E-state index in [-0.39, 0.29) is 6.04 Å². The molecule has 0 saturated heterocycles. The topological polar surface area (TPSA) is 46.2 Å². The van der Waals surface area contributed by atoms with Gasteiger partial charge < -0.3 is 10.8 Å². The van der Waals surface area contributed by atoms with Crippen LogP contribution in [-0.2, 0) is 6.42 Å². The van der Waals surface area contributed by atoms with Crippen LogP contribution in [0.3, 0.4) is 0 Å². The van der Waals surface area contributed by atoms with Crippen molar-refractivity contribution in [3.63, 3.8) is 0 Å². The van der Waals surface area contributed by atoms with Gasteiger partial charge in [0.2, 0.25) is 0 Å². The number of phenolic OH excluding ortho intramolecular Hbond substituents is 1. The van der Waals surface area contributed by atoms with Gasteiger partial charge in [0.15, 0.2) is 0 Å². The second-order valence-corrected chi connectivity index (χ2v) is 4.53. The first kappa shape index (κ1) is 9.87. The van der Waals surface area contributed by atoms with Crippen molar-refractivity contribution in [2.45, 2.75) is 30.2 Å². The van der Waals surface area contributed by atoms with Crippen molar-refractivity contribution in [2.75, 3.05) is 6.26 Å². The Balaban J connectivity index is 2.58. The summed E-state index contributed by atoms with van der Waals surface area (Å²) in [5.41, 5.74) is 8.30. The van der Waals surface area contributed by atoms with E-state index in [1.165, 1.54) is 10.5 Å². The molecule has 1 aromatic carbocycles. The summed E-state index contributed by atoms with van der Waals surface area (Å²) in [4.78, 5) is 1.21. The third kappa shape index (κ3) is 1.51. The van der Waals surface area contributed by atoms with Crippen molar-refractivity contribution in [1.82, 2.24) is 0 Å². The van der Waals surface area contributed by atoms with Crippen LogP contribution in [0, 0.1) is 0 Å². The fraction of sp³-hybridized carbons (Fsp3) is 0.455. The third-order valence-electron chi connectivity index (χ3n) is 2.82. The minimum absolute atomic E-state index is 0.105. The molecule has 0 radical (unpaired) electrons. The maximum Gasteiger partial charge on any atom is 0.119 e. The molecule has 3 N–H and O–H groups in total. The Morgan fingerprint density at radius 1 is 1.50 bits per heavy atom. The molecule has 0 aromatic heterocycles. The number of nitrogens with two attached hydrogens (primary N) is 1. The molecule has 1 atom stereocenters. The van der Waals surface area contributed by atoms with Crippen LogP contribution >= 0.6 is 11.8 Å². The highest BCUT2D eigenvalue weighted by Crippen LogP contribution is 2.39. The lowest BCUT2D eigenvalue weighted by Crippen LogP contribution is -2.18. The molecule has 0 aliphatic heterocycles. The van der Waals surface area contributed by atoms with E-state index in [1.807, 2.05) is 12.3 Å². The van der Waals surface area contributed by atoms with Gasteiger partial charge in [-0.3, -0.25) is 0 Å². The second kappa shape index (κ2) is 3.83. The minimum atomic E-state index is 0.105. The van der Waals surface area contributed by atoms with Crippen molar-refractivity contribution < 1.29 is 5.11 Å². The summed E-state index contributed by atoms with van der Waals surface area (Å²) in [7, 11) is 0. The number of fused-ring (bicyclic) bond motifs is 1. The van der Waals surface area contributed by atoms with Gasteiger partial charge in [-0.15, -0.1) is 11.8 Å². The summed E-state index contributed by atoms with van der Waals surface area (Å²) in [6.07, 6.45) is 5.13. The molecule has 1 aliphatic carbocycles. The normalized spacial score (nSPS) is 20.6. The van der Waals surface area contributed by atoms with Crippen LogP contribution in [0.15, 0.2) is 17.0 Å². The number of hydrogen-bond donors (Lipinski definition) is 2. The van der Waals surface area contributed by atoms with E-state index < -0.39 is 0 Å². The average molecular weight is 209 g/mol. The molecule has 14 heavy (non-hydrogen) atoms. The van der Waals surface area contributed by atoms with Gasteiger partial charge in [-0.25, -0.2) is 0 Å². The zero-order chi connectivity index (χ0) is 10.1. The van der Waals surface area contributed by atoms with E-state index >= 15 is 0 Å². The molecule has 2 nitrogen and oxygen atoms in total. The summed E-state index contributed by atoms with van der Waals surface area (Å²) in [6, 6.07) is 3.85. The number of rotatable bonds is 1. The van der Waals surface area contributed by atoms with Crippen molar-refractivity contribution >= 4 is 11.8 Å². The van der Waals surface area contributed by atoms with Crippen LogP contribution in [0.2, 0.25) is 0 Å². The number of aromatic hydroxyl groups is 1. The van der Waals surface area contributed by atoms with Crippen LogP contribution < -0.4 is 5.73 Å².